The minimum atomic E-state index is 0.141. The van der Waals surface area contributed by atoms with Crippen LogP contribution < -0.4 is 0 Å². The van der Waals surface area contributed by atoms with E-state index in [9.17, 15) is 0 Å². The second kappa shape index (κ2) is 4.53. The van der Waals surface area contributed by atoms with E-state index in [-0.39, 0.29) is 5.41 Å². The predicted molar refractivity (Wildman–Crippen MR) is 70.6 cm³/mol. The van der Waals surface area contributed by atoms with Crippen molar-refractivity contribution in [3.8, 4) is 6.07 Å². The van der Waals surface area contributed by atoms with E-state index in [1.807, 2.05) is 0 Å². The van der Waals surface area contributed by atoms with Crippen LogP contribution in [0, 0.1) is 16.7 Å². The highest BCUT2D eigenvalue weighted by molar-refractivity contribution is 5.32. The molecule has 1 aliphatic rings. The van der Waals surface area contributed by atoms with E-state index in [1.165, 1.54) is 31.2 Å². The summed E-state index contributed by atoms with van der Waals surface area (Å²) in [5.74, 6) is 0. The molecule has 0 aliphatic heterocycles. The van der Waals surface area contributed by atoms with Crippen LogP contribution in [0.1, 0.15) is 51.5 Å². The molecule has 0 amide bonds. The van der Waals surface area contributed by atoms with Crippen molar-refractivity contribution in [1.82, 2.24) is 0 Å². The van der Waals surface area contributed by atoms with Gasteiger partial charge >= 0.3 is 0 Å². The van der Waals surface area contributed by atoms with Gasteiger partial charge in [-0.1, -0.05) is 57.0 Å². The van der Waals surface area contributed by atoms with E-state index in [0.717, 1.165) is 0 Å². The molecule has 0 N–H and O–H groups in total. The van der Waals surface area contributed by atoms with E-state index in [1.54, 1.807) is 0 Å². The van der Waals surface area contributed by atoms with E-state index in [2.05, 4.69) is 50.2 Å². The normalized spacial score (nSPS) is 20.3. The Morgan fingerprint density at radius 2 is 1.71 bits per heavy atom. The third-order valence-electron chi connectivity index (χ3n) is 4.73. The number of nitrogens with zero attached hydrogens (tertiary/aromatic N) is 1. The molecule has 1 aliphatic carbocycles. The zero-order valence-corrected chi connectivity index (χ0v) is 10.9. The Hall–Kier alpha value is -1.29. The van der Waals surface area contributed by atoms with Crippen molar-refractivity contribution in [1.29, 1.82) is 5.26 Å². The first-order valence-electron chi connectivity index (χ1n) is 6.63. The van der Waals surface area contributed by atoms with Crippen molar-refractivity contribution in [2.24, 2.45) is 5.41 Å². The highest BCUT2D eigenvalue weighted by Gasteiger charge is 2.52. The Balaban J connectivity index is 2.25. The van der Waals surface area contributed by atoms with Crippen LogP contribution >= 0.6 is 0 Å². The van der Waals surface area contributed by atoms with Gasteiger partial charge in [0.05, 0.1) is 6.07 Å². The van der Waals surface area contributed by atoms with Crippen LogP contribution in [0.4, 0.5) is 0 Å². The largest absolute Gasteiger partial charge is 0.198 e. The first-order chi connectivity index (χ1) is 8.20. The van der Waals surface area contributed by atoms with Crippen molar-refractivity contribution in [3.05, 3.63) is 35.9 Å². The molecule has 0 saturated heterocycles. The number of rotatable bonds is 4. The summed E-state index contributed by atoms with van der Waals surface area (Å²) in [5, 5.41) is 9.09. The van der Waals surface area contributed by atoms with Crippen LogP contribution in [-0.2, 0) is 5.41 Å². The summed E-state index contributed by atoms with van der Waals surface area (Å²) in [6, 6.07) is 13.0. The lowest BCUT2D eigenvalue weighted by molar-refractivity contribution is 0.0154. The first-order valence-corrected chi connectivity index (χ1v) is 6.63. The van der Waals surface area contributed by atoms with Crippen molar-refractivity contribution in [3.63, 3.8) is 0 Å². The highest BCUT2D eigenvalue weighted by Crippen LogP contribution is 2.60. The molecule has 1 fully saturated rings. The molecule has 90 valence electrons. The van der Waals surface area contributed by atoms with Gasteiger partial charge in [0.2, 0.25) is 0 Å². The predicted octanol–water partition coefficient (Wildman–Crippen LogP) is 4.44. The van der Waals surface area contributed by atoms with Crippen molar-refractivity contribution >= 4 is 0 Å². The molecule has 17 heavy (non-hydrogen) atoms. The molecule has 0 heterocycles. The molecule has 0 aromatic heterocycles. The Labute approximate surface area is 104 Å². The third-order valence-corrected chi connectivity index (χ3v) is 4.73. The van der Waals surface area contributed by atoms with Crippen LogP contribution in [0.15, 0.2) is 30.3 Å². The molecule has 1 saturated carbocycles. The van der Waals surface area contributed by atoms with E-state index >= 15 is 0 Å². The molecule has 2 rings (SSSR count). The Kier molecular flexibility index (Phi) is 3.24. The smallest absolute Gasteiger partial charge is 0.0631 e. The zero-order valence-electron chi connectivity index (χ0n) is 10.9. The Morgan fingerprint density at radius 3 is 2.18 bits per heavy atom. The fourth-order valence-electron chi connectivity index (χ4n) is 3.51. The molecular weight excluding hydrogens is 206 g/mol. The highest BCUT2D eigenvalue weighted by atomic mass is 14.6. The van der Waals surface area contributed by atoms with E-state index in [0.29, 0.717) is 11.8 Å². The van der Waals surface area contributed by atoms with Crippen LogP contribution in [0.2, 0.25) is 0 Å². The maximum atomic E-state index is 9.09. The molecule has 0 radical (unpaired) electrons. The van der Waals surface area contributed by atoms with Crippen LogP contribution in [0.25, 0.3) is 0 Å². The van der Waals surface area contributed by atoms with Gasteiger partial charge < -0.3 is 0 Å². The summed E-state index contributed by atoms with van der Waals surface area (Å²) >= 11 is 0. The van der Waals surface area contributed by atoms with Gasteiger partial charge in [-0.25, -0.2) is 0 Å². The molecule has 1 nitrogen and oxygen atoms in total. The van der Waals surface area contributed by atoms with Gasteiger partial charge in [0.25, 0.3) is 0 Å². The fraction of sp³-hybridized carbons (Fsp3) is 0.562. The van der Waals surface area contributed by atoms with Gasteiger partial charge in [-0.3, -0.25) is 0 Å². The van der Waals surface area contributed by atoms with E-state index < -0.39 is 0 Å². The topological polar surface area (TPSA) is 23.8 Å². The number of hydrogen-bond acceptors (Lipinski definition) is 1. The third kappa shape index (κ3) is 1.97. The maximum Gasteiger partial charge on any atom is 0.0631 e. The fourth-order valence-corrected chi connectivity index (χ4v) is 3.51. The summed E-state index contributed by atoms with van der Waals surface area (Å²) in [4.78, 5) is 0. The van der Waals surface area contributed by atoms with E-state index in [4.69, 9.17) is 5.26 Å². The quantitative estimate of drug-likeness (QED) is 0.746. The zero-order chi connectivity index (χ0) is 12.4. The molecule has 1 aromatic rings. The lowest BCUT2D eigenvalue weighted by Crippen LogP contribution is -2.49. The summed E-state index contributed by atoms with van der Waals surface area (Å²) in [6.45, 7) is 4.57. The van der Waals surface area contributed by atoms with Gasteiger partial charge in [0.15, 0.2) is 0 Å². The number of hydrogen-bond donors (Lipinski definition) is 0. The summed E-state index contributed by atoms with van der Waals surface area (Å²) in [7, 11) is 0. The molecule has 1 heteroatoms. The van der Waals surface area contributed by atoms with Crippen LogP contribution in [0.3, 0.4) is 0 Å². The molecular formula is C16H21N. The molecule has 0 bridgehead atoms. The minimum absolute atomic E-state index is 0.141. The standard InChI is InChI=1S/C16H21N/c1-3-15(4-2)12-16(13-15,10-11-17)14-8-6-5-7-9-14/h5-9H,3-4,10,12-13H2,1-2H3. The Bertz CT molecular complexity index is 401. The van der Waals surface area contributed by atoms with Gasteiger partial charge in [0.1, 0.15) is 0 Å². The minimum Gasteiger partial charge on any atom is -0.198 e. The number of nitriles is 1. The molecule has 0 unspecified atom stereocenters. The van der Waals surface area contributed by atoms with Gasteiger partial charge in [0, 0.05) is 11.8 Å². The number of benzene rings is 1. The van der Waals surface area contributed by atoms with Crippen molar-refractivity contribution in [2.45, 2.75) is 51.4 Å². The van der Waals surface area contributed by atoms with Crippen molar-refractivity contribution in [2.75, 3.05) is 0 Å². The van der Waals surface area contributed by atoms with Crippen molar-refractivity contribution < 1.29 is 0 Å². The SMILES string of the molecule is CCC1(CC)CC(CC#N)(c2ccccc2)C1. The summed E-state index contributed by atoms with van der Waals surface area (Å²) < 4.78 is 0. The summed E-state index contributed by atoms with van der Waals surface area (Å²) in [6.07, 6.45) is 5.51. The second-order valence-electron chi connectivity index (χ2n) is 5.54. The maximum absolute atomic E-state index is 9.09. The van der Waals surface area contributed by atoms with Crippen LogP contribution in [-0.4, -0.2) is 0 Å². The average molecular weight is 227 g/mol. The average Bonchev–Trinajstić information content (AvgIpc) is 2.35. The Morgan fingerprint density at radius 1 is 1.12 bits per heavy atom. The van der Waals surface area contributed by atoms with Gasteiger partial charge in [-0.2, -0.15) is 5.26 Å². The van der Waals surface area contributed by atoms with Gasteiger partial charge in [-0.05, 0) is 23.8 Å². The van der Waals surface area contributed by atoms with Crippen LogP contribution in [0.5, 0.6) is 0 Å². The molecule has 1 aromatic carbocycles. The monoisotopic (exact) mass is 227 g/mol. The van der Waals surface area contributed by atoms with Gasteiger partial charge in [-0.15, -0.1) is 0 Å². The lowest BCUT2D eigenvalue weighted by atomic mass is 9.48. The lowest BCUT2D eigenvalue weighted by Gasteiger charge is -2.56. The summed E-state index contributed by atoms with van der Waals surface area (Å²) in [5.41, 5.74) is 1.99. The molecule has 0 spiro atoms. The first kappa shape index (κ1) is 12.2. The molecule has 0 atom stereocenters. The second-order valence-corrected chi connectivity index (χ2v) is 5.54.